The van der Waals surface area contributed by atoms with Crippen LogP contribution in [0.25, 0.3) is 16.9 Å². The van der Waals surface area contributed by atoms with E-state index >= 15 is 0 Å². The summed E-state index contributed by atoms with van der Waals surface area (Å²) < 4.78 is 29.2. The van der Waals surface area contributed by atoms with E-state index in [-0.39, 0.29) is 30.5 Å². The minimum absolute atomic E-state index is 0.0855. The third-order valence-electron chi connectivity index (χ3n) is 4.98. The summed E-state index contributed by atoms with van der Waals surface area (Å²) in [4.78, 5) is 25.4. The molecule has 2 heterocycles. The Balaban J connectivity index is 1.82. The largest absolute Gasteiger partial charge is 0.326 e. The first-order valence-corrected chi connectivity index (χ1v) is 9.80. The van der Waals surface area contributed by atoms with Crippen molar-refractivity contribution < 1.29 is 18.4 Å². The van der Waals surface area contributed by atoms with Gasteiger partial charge in [0.2, 0.25) is 0 Å². The zero-order chi connectivity index (χ0) is 22.1. The molecule has 4 rings (SSSR count). The lowest BCUT2D eigenvalue weighted by Crippen LogP contribution is -2.30. The van der Waals surface area contributed by atoms with E-state index in [0.29, 0.717) is 22.5 Å². The summed E-state index contributed by atoms with van der Waals surface area (Å²) in [7, 11) is 0. The molecule has 1 aliphatic heterocycles. The van der Waals surface area contributed by atoms with Crippen LogP contribution in [0, 0.1) is 11.6 Å². The predicted molar refractivity (Wildman–Crippen MR) is 111 cm³/mol. The molecule has 1 atom stereocenters. The molecule has 3 aromatic rings. The van der Waals surface area contributed by atoms with Crippen LogP contribution >= 0.6 is 11.6 Å². The monoisotopic (exact) mass is 445 g/mol. The summed E-state index contributed by atoms with van der Waals surface area (Å²) in [5.41, 5.74) is 7.55. The molecular formula is C21H18ClF2N5O2. The number of nitrogens with one attached hydrogen (secondary N) is 1. The normalized spacial score (nSPS) is 16.0. The highest BCUT2D eigenvalue weighted by Crippen LogP contribution is 2.28. The van der Waals surface area contributed by atoms with Crippen molar-refractivity contribution in [2.24, 2.45) is 5.73 Å². The molecule has 2 aromatic carbocycles. The molecule has 1 unspecified atom stereocenters. The summed E-state index contributed by atoms with van der Waals surface area (Å²) in [6.07, 6.45) is 0.735. The molecule has 1 aliphatic rings. The first kappa shape index (κ1) is 21.1. The number of carbonyl (C=O) groups is 2. The van der Waals surface area contributed by atoms with Crippen molar-refractivity contribution >= 4 is 23.8 Å². The summed E-state index contributed by atoms with van der Waals surface area (Å²) in [5.74, 6) is -1.50. The molecule has 7 nitrogen and oxygen atoms in total. The first-order chi connectivity index (χ1) is 14.9. The minimum atomic E-state index is -0.602. The fourth-order valence-corrected chi connectivity index (χ4v) is 3.60. The number of hydrogen-bond donors (Lipinski definition) is 2. The molecule has 0 spiro atoms. The van der Waals surface area contributed by atoms with Crippen molar-refractivity contribution in [2.75, 3.05) is 13.2 Å². The average Bonchev–Trinajstić information content (AvgIpc) is 3.42. The second kappa shape index (κ2) is 8.54. The van der Waals surface area contributed by atoms with Gasteiger partial charge in [-0.3, -0.25) is 10.1 Å². The van der Waals surface area contributed by atoms with E-state index in [2.05, 4.69) is 10.4 Å². The van der Waals surface area contributed by atoms with Crippen LogP contribution in [-0.2, 0) is 11.3 Å². The minimum Gasteiger partial charge on any atom is -0.326 e. The standard InChI is InChI=1S/C21H18ClF2N5O2/c22-17-6-16(1-2-18(17)24)29-20(13-3-12(8-25)4-14(23)5-13)7-19(27-29)21(31)28-9-15(10-30)26-11-28/h1-7,10,15,26H,8-9,11,25H2. The Morgan fingerprint density at radius 2 is 2.06 bits per heavy atom. The highest BCUT2D eigenvalue weighted by atomic mass is 35.5. The summed E-state index contributed by atoms with van der Waals surface area (Å²) in [5, 5.41) is 7.17. The number of aldehydes is 1. The topological polar surface area (TPSA) is 93.2 Å². The number of hydrogen-bond acceptors (Lipinski definition) is 5. The van der Waals surface area contributed by atoms with E-state index in [1.165, 1.54) is 46.0 Å². The predicted octanol–water partition coefficient (Wildman–Crippen LogP) is 2.50. The van der Waals surface area contributed by atoms with Crippen LogP contribution in [0.5, 0.6) is 0 Å². The van der Waals surface area contributed by atoms with Gasteiger partial charge in [0.15, 0.2) is 5.69 Å². The van der Waals surface area contributed by atoms with Crippen LogP contribution in [0.3, 0.4) is 0 Å². The van der Waals surface area contributed by atoms with Gasteiger partial charge in [0.05, 0.1) is 29.1 Å². The van der Waals surface area contributed by atoms with E-state index in [0.717, 1.165) is 6.29 Å². The fraction of sp³-hybridized carbons (Fsp3) is 0.190. The van der Waals surface area contributed by atoms with Crippen LogP contribution in [0.1, 0.15) is 16.1 Å². The van der Waals surface area contributed by atoms with Crippen molar-refractivity contribution in [3.05, 3.63) is 70.4 Å². The molecule has 0 aliphatic carbocycles. The van der Waals surface area contributed by atoms with E-state index in [9.17, 15) is 18.4 Å². The van der Waals surface area contributed by atoms with Crippen LogP contribution in [0.4, 0.5) is 8.78 Å². The van der Waals surface area contributed by atoms with Gasteiger partial charge in [-0.2, -0.15) is 5.10 Å². The van der Waals surface area contributed by atoms with Gasteiger partial charge in [-0.15, -0.1) is 0 Å². The number of nitrogens with two attached hydrogens (primary N) is 1. The number of carbonyl (C=O) groups excluding carboxylic acids is 2. The second-order valence-electron chi connectivity index (χ2n) is 7.11. The molecule has 0 bridgehead atoms. The second-order valence-corrected chi connectivity index (χ2v) is 7.52. The molecule has 10 heteroatoms. The molecule has 0 radical (unpaired) electrons. The maximum absolute atomic E-state index is 14.2. The Hall–Kier alpha value is -3.14. The number of amides is 1. The third kappa shape index (κ3) is 4.20. The van der Waals surface area contributed by atoms with Crippen LogP contribution in [0.2, 0.25) is 5.02 Å². The van der Waals surface area contributed by atoms with Gasteiger partial charge < -0.3 is 15.4 Å². The maximum Gasteiger partial charge on any atom is 0.275 e. The van der Waals surface area contributed by atoms with E-state index in [1.807, 2.05) is 0 Å². The van der Waals surface area contributed by atoms with E-state index in [1.54, 1.807) is 6.07 Å². The van der Waals surface area contributed by atoms with Crippen molar-refractivity contribution in [1.29, 1.82) is 0 Å². The highest BCUT2D eigenvalue weighted by Gasteiger charge is 2.28. The molecule has 160 valence electrons. The molecule has 1 saturated heterocycles. The maximum atomic E-state index is 14.2. The van der Waals surface area contributed by atoms with Gasteiger partial charge in [-0.05, 0) is 48.0 Å². The van der Waals surface area contributed by atoms with Crippen LogP contribution in [0.15, 0.2) is 42.5 Å². The molecular weight excluding hydrogens is 428 g/mol. The van der Waals surface area contributed by atoms with Gasteiger partial charge in [0.25, 0.3) is 5.91 Å². The smallest absolute Gasteiger partial charge is 0.275 e. The first-order valence-electron chi connectivity index (χ1n) is 9.43. The Labute approximate surface area is 181 Å². The van der Waals surface area contributed by atoms with Gasteiger partial charge in [-0.25, -0.2) is 13.5 Å². The summed E-state index contributed by atoms with van der Waals surface area (Å²) in [6.45, 7) is 0.536. The van der Waals surface area contributed by atoms with Crippen LogP contribution in [-0.4, -0.2) is 46.1 Å². The Bertz CT molecular complexity index is 1170. The highest BCUT2D eigenvalue weighted by molar-refractivity contribution is 6.30. The van der Waals surface area contributed by atoms with E-state index < -0.39 is 23.6 Å². The number of rotatable bonds is 5. The third-order valence-corrected chi connectivity index (χ3v) is 5.27. The van der Waals surface area contributed by atoms with Gasteiger partial charge in [0.1, 0.15) is 17.9 Å². The number of benzene rings is 2. The lowest BCUT2D eigenvalue weighted by Gasteiger charge is -2.12. The van der Waals surface area contributed by atoms with Crippen molar-refractivity contribution in [2.45, 2.75) is 12.6 Å². The lowest BCUT2D eigenvalue weighted by molar-refractivity contribution is -0.109. The average molecular weight is 446 g/mol. The zero-order valence-corrected chi connectivity index (χ0v) is 16.9. The number of halogens is 3. The molecule has 1 aromatic heterocycles. The van der Waals surface area contributed by atoms with Crippen LogP contribution < -0.4 is 11.1 Å². The van der Waals surface area contributed by atoms with Crippen molar-refractivity contribution in [3.8, 4) is 16.9 Å². The molecule has 1 amide bonds. The summed E-state index contributed by atoms with van der Waals surface area (Å²) >= 11 is 5.93. The lowest BCUT2D eigenvalue weighted by atomic mass is 10.1. The number of nitrogens with zero attached hydrogens (tertiary/aromatic N) is 3. The van der Waals surface area contributed by atoms with Crippen molar-refractivity contribution in [1.82, 2.24) is 20.0 Å². The Kier molecular flexibility index (Phi) is 5.81. The van der Waals surface area contributed by atoms with Gasteiger partial charge in [-0.1, -0.05) is 11.6 Å². The number of aromatic nitrogens is 2. The Morgan fingerprint density at radius 3 is 2.74 bits per heavy atom. The molecule has 31 heavy (non-hydrogen) atoms. The van der Waals surface area contributed by atoms with Gasteiger partial charge >= 0.3 is 0 Å². The van der Waals surface area contributed by atoms with Gasteiger partial charge in [0, 0.05) is 18.7 Å². The Morgan fingerprint density at radius 1 is 1.26 bits per heavy atom. The fourth-order valence-electron chi connectivity index (χ4n) is 3.42. The van der Waals surface area contributed by atoms with Crippen molar-refractivity contribution in [3.63, 3.8) is 0 Å². The molecule has 3 N–H and O–H groups in total. The summed E-state index contributed by atoms with van der Waals surface area (Å²) in [6, 6.07) is 9.38. The van der Waals surface area contributed by atoms with E-state index in [4.69, 9.17) is 17.3 Å². The quantitative estimate of drug-likeness (QED) is 0.589. The SMILES string of the molecule is NCc1cc(F)cc(-c2cc(C(=O)N3CNC(C=O)C3)nn2-c2ccc(F)c(Cl)c2)c1. The zero-order valence-electron chi connectivity index (χ0n) is 16.2. The molecule has 1 fully saturated rings. The molecule has 0 saturated carbocycles.